The van der Waals surface area contributed by atoms with Crippen LogP contribution in [0.3, 0.4) is 0 Å². The van der Waals surface area contributed by atoms with Gasteiger partial charge in [-0.3, -0.25) is 4.79 Å². The number of benzene rings is 1. The van der Waals surface area contributed by atoms with Gasteiger partial charge in [-0.25, -0.2) is 4.79 Å². The third-order valence-corrected chi connectivity index (χ3v) is 2.68. The molecular weight excluding hydrogens is 298 g/mol. The normalized spacial score (nSPS) is 11.2. The van der Waals surface area contributed by atoms with Crippen LogP contribution in [0.1, 0.15) is 20.8 Å². The van der Waals surface area contributed by atoms with Gasteiger partial charge in [-0.2, -0.15) is 0 Å². The van der Waals surface area contributed by atoms with E-state index in [-0.39, 0.29) is 12.0 Å². The molecule has 6 nitrogen and oxygen atoms in total. The summed E-state index contributed by atoms with van der Waals surface area (Å²) in [5, 5.41) is 2.63. The molecule has 1 aromatic rings. The third kappa shape index (κ3) is 6.86. The van der Waals surface area contributed by atoms with Crippen molar-refractivity contribution in [1.29, 1.82) is 0 Å². The summed E-state index contributed by atoms with van der Waals surface area (Å²) in [5.74, 6) is 0.0560. The molecule has 23 heavy (non-hydrogen) atoms. The summed E-state index contributed by atoms with van der Waals surface area (Å²) in [7, 11) is 3.03. The number of rotatable bonds is 6. The third-order valence-electron chi connectivity index (χ3n) is 2.68. The monoisotopic (exact) mass is 321 g/mol. The van der Waals surface area contributed by atoms with E-state index in [0.29, 0.717) is 17.2 Å². The molecule has 0 saturated carbocycles. The van der Waals surface area contributed by atoms with E-state index < -0.39 is 11.9 Å². The Bertz CT molecular complexity index is 587. The molecule has 0 aliphatic rings. The van der Waals surface area contributed by atoms with Crippen molar-refractivity contribution in [3.63, 3.8) is 0 Å². The van der Waals surface area contributed by atoms with E-state index in [1.54, 1.807) is 25.3 Å². The highest BCUT2D eigenvalue weighted by atomic mass is 16.5. The van der Waals surface area contributed by atoms with E-state index in [2.05, 4.69) is 5.32 Å². The van der Waals surface area contributed by atoms with Gasteiger partial charge in [0.05, 0.1) is 26.5 Å². The molecule has 0 unspecified atom stereocenters. The van der Waals surface area contributed by atoms with Gasteiger partial charge in [0.15, 0.2) is 0 Å². The van der Waals surface area contributed by atoms with Crippen LogP contribution in [-0.4, -0.2) is 32.7 Å². The molecular formula is C17H23NO5. The average Bonchev–Trinajstić information content (AvgIpc) is 2.50. The lowest BCUT2D eigenvalue weighted by Gasteiger charge is -2.16. The quantitative estimate of drug-likeness (QED) is 0.644. The number of hydrogen-bond donors (Lipinski definition) is 1. The zero-order valence-electron chi connectivity index (χ0n) is 14.1. The molecule has 0 aromatic heterocycles. The molecule has 1 amide bonds. The SMILES string of the molecule is COc1ccc(NC(=O)/C=C/C(=O)OCC(C)(C)C)c(OC)c1. The number of carbonyl (C=O) groups excluding carboxylic acids is 2. The van der Waals surface area contributed by atoms with Crippen LogP contribution in [0.5, 0.6) is 11.5 Å². The van der Waals surface area contributed by atoms with Gasteiger partial charge in [-0.05, 0) is 17.5 Å². The molecule has 0 spiro atoms. The van der Waals surface area contributed by atoms with Gasteiger partial charge in [0, 0.05) is 18.2 Å². The Morgan fingerprint density at radius 3 is 2.39 bits per heavy atom. The summed E-state index contributed by atoms with van der Waals surface area (Å²) in [5.41, 5.74) is 0.355. The highest BCUT2D eigenvalue weighted by molar-refractivity contribution is 6.03. The molecule has 1 rings (SSSR count). The van der Waals surface area contributed by atoms with Crippen LogP contribution in [0.2, 0.25) is 0 Å². The van der Waals surface area contributed by atoms with Gasteiger partial charge in [0.1, 0.15) is 11.5 Å². The van der Waals surface area contributed by atoms with Crippen molar-refractivity contribution in [3.8, 4) is 11.5 Å². The maximum atomic E-state index is 11.8. The first kappa shape index (κ1) is 18.5. The Kier molecular flexibility index (Phi) is 6.63. The predicted molar refractivity (Wildman–Crippen MR) is 87.7 cm³/mol. The lowest BCUT2D eigenvalue weighted by molar-refractivity contribution is -0.140. The highest BCUT2D eigenvalue weighted by Gasteiger charge is 2.12. The standard InChI is InChI=1S/C17H23NO5/c1-17(2,3)11-23-16(20)9-8-15(19)18-13-7-6-12(21-4)10-14(13)22-5/h6-10H,11H2,1-5H3,(H,18,19)/b9-8+. The molecule has 6 heteroatoms. The predicted octanol–water partition coefficient (Wildman–Crippen LogP) is 2.79. The van der Waals surface area contributed by atoms with Gasteiger partial charge in [-0.15, -0.1) is 0 Å². The second kappa shape index (κ2) is 8.22. The van der Waals surface area contributed by atoms with E-state index in [1.165, 1.54) is 7.11 Å². The summed E-state index contributed by atoms with van der Waals surface area (Å²) >= 11 is 0. The van der Waals surface area contributed by atoms with Gasteiger partial charge >= 0.3 is 5.97 Å². The molecule has 0 aliphatic heterocycles. The summed E-state index contributed by atoms with van der Waals surface area (Å²) in [6.45, 7) is 6.13. The Balaban J connectivity index is 2.63. The van der Waals surface area contributed by atoms with Crippen LogP contribution in [0.15, 0.2) is 30.4 Å². The zero-order chi connectivity index (χ0) is 17.5. The van der Waals surface area contributed by atoms with Gasteiger partial charge < -0.3 is 19.5 Å². The largest absolute Gasteiger partial charge is 0.497 e. The molecule has 1 aromatic carbocycles. The van der Waals surface area contributed by atoms with Crippen molar-refractivity contribution in [2.75, 3.05) is 26.1 Å². The number of nitrogens with one attached hydrogen (secondary N) is 1. The second-order valence-electron chi connectivity index (χ2n) is 6.06. The van der Waals surface area contributed by atoms with Crippen molar-refractivity contribution in [2.45, 2.75) is 20.8 Å². The number of ether oxygens (including phenoxy) is 3. The second-order valence-corrected chi connectivity index (χ2v) is 6.06. The topological polar surface area (TPSA) is 73.9 Å². The smallest absolute Gasteiger partial charge is 0.330 e. The molecule has 126 valence electrons. The Morgan fingerprint density at radius 1 is 1.13 bits per heavy atom. The van der Waals surface area contributed by atoms with E-state index in [4.69, 9.17) is 14.2 Å². The van der Waals surface area contributed by atoms with Crippen molar-refractivity contribution in [1.82, 2.24) is 0 Å². The van der Waals surface area contributed by atoms with Crippen LogP contribution in [0.4, 0.5) is 5.69 Å². The van der Waals surface area contributed by atoms with Crippen molar-refractivity contribution < 1.29 is 23.8 Å². The molecule has 0 radical (unpaired) electrons. The molecule has 0 atom stereocenters. The van der Waals surface area contributed by atoms with Gasteiger partial charge in [-0.1, -0.05) is 20.8 Å². The first-order valence-corrected chi connectivity index (χ1v) is 7.13. The van der Waals surface area contributed by atoms with Crippen molar-refractivity contribution in [2.24, 2.45) is 5.41 Å². The van der Waals surface area contributed by atoms with E-state index >= 15 is 0 Å². The Morgan fingerprint density at radius 2 is 1.83 bits per heavy atom. The van der Waals surface area contributed by atoms with E-state index in [9.17, 15) is 9.59 Å². The zero-order valence-corrected chi connectivity index (χ0v) is 14.1. The summed E-state index contributed by atoms with van der Waals surface area (Å²) in [6.07, 6.45) is 2.21. The minimum Gasteiger partial charge on any atom is -0.497 e. The van der Waals surface area contributed by atoms with Crippen molar-refractivity contribution in [3.05, 3.63) is 30.4 Å². The number of esters is 1. The number of carbonyl (C=O) groups is 2. The Hall–Kier alpha value is -2.50. The minimum atomic E-state index is -0.559. The molecule has 0 bridgehead atoms. The first-order chi connectivity index (χ1) is 10.7. The molecule has 0 aliphatic carbocycles. The summed E-state index contributed by atoms with van der Waals surface area (Å²) < 4.78 is 15.3. The van der Waals surface area contributed by atoms with Gasteiger partial charge in [0.25, 0.3) is 0 Å². The average molecular weight is 321 g/mol. The summed E-state index contributed by atoms with van der Waals surface area (Å²) in [4.78, 5) is 23.4. The lowest BCUT2D eigenvalue weighted by atomic mass is 9.99. The number of anilines is 1. The fraction of sp³-hybridized carbons (Fsp3) is 0.412. The maximum Gasteiger partial charge on any atom is 0.330 e. The van der Waals surface area contributed by atoms with E-state index in [1.807, 2.05) is 20.8 Å². The minimum absolute atomic E-state index is 0.123. The molecule has 1 N–H and O–H groups in total. The highest BCUT2D eigenvalue weighted by Crippen LogP contribution is 2.28. The van der Waals surface area contributed by atoms with Crippen LogP contribution in [-0.2, 0) is 14.3 Å². The fourth-order valence-corrected chi connectivity index (χ4v) is 1.56. The van der Waals surface area contributed by atoms with Crippen LogP contribution in [0, 0.1) is 5.41 Å². The molecule has 0 saturated heterocycles. The van der Waals surface area contributed by atoms with Crippen LogP contribution >= 0.6 is 0 Å². The van der Waals surface area contributed by atoms with Gasteiger partial charge in [0.2, 0.25) is 5.91 Å². The molecule has 0 heterocycles. The number of hydrogen-bond acceptors (Lipinski definition) is 5. The maximum absolute atomic E-state index is 11.8. The van der Waals surface area contributed by atoms with E-state index in [0.717, 1.165) is 12.2 Å². The van der Waals surface area contributed by atoms with Crippen LogP contribution < -0.4 is 14.8 Å². The summed E-state index contributed by atoms with van der Waals surface area (Å²) in [6, 6.07) is 5.00. The number of amides is 1. The molecule has 0 fully saturated rings. The lowest BCUT2D eigenvalue weighted by Crippen LogP contribution is -2.17. The Labute approximate surface area is 136 Å². The first-order valence-electron chi connectivity index (χ1n) is 7.13. The van der Waals surface area contributed by atoms with Crippen molar-refractivity contribution >= 4 is 17.6 Å². The fourth-order valence-electron chi connectivity index (χ4n) is 1.56. The number of methoxy groups -OCH3 is 2. The van der Waals surface area contributed by atoms with Crippen LogP contribution in [0.25, 0.3) is 0 Å².